The Kier molecular flexibility index (Phi) is 5.55. The number of ether oxygens (including phenoxy) is 1. The van der Waals surface area contributed by atoms with E-state index in [4.69, 9.17) is 10.5 Å². The quantitative estimate of drug-likeness (QED) is 0.183. The first kappa shape index (κ1) is 21.0. The standard InChI is InChI=1S/C21H16F4N2O3/c1-30-19-14(3-2-4-17(19)22)18-15(11-5-7-13(28)8-6-11)9-12(21(23,24)25)10-16(18)20(26)27-29/h2-10,28-29H,1H3,(H2,26,27). The Bertz CT molecular complexity index is 1110. The molecule has 0 spiro atoms. The lowest BCUT2D eigenvalue weighted by atomic mass is 9.87. The van der Waals surface area contributed by atoms with E-state index in [-0.39, 0.29) is 39.3 Å². The first-order valence-corrected chi connectivity index (χ1v) is 8.52. The van der Waals surface area contributed by atoms with Crippen LogP contribution in [0.4, 0.5) is 17.6 Å². The Morgan fingerprint density at radius 2 is 1.70 bits per heavy atom. The molecule has 30 heavy (non-hydrogen) atoms. The zero-order chi connectivity index (χ0) is 22.1. The van der Waals surface area contributed by atoms with Gasteiger partial charge in [0.1, 0.15) is 5.75 Å². The van der Waals surface area contributed by atoms with Crippen LogP contribution in [0.1, 0.15) is 11.1 Å². The van der Waals surface area contributed by atoms with Gasteiger partial charge >= 0.3 is 6.18 Å². The van der Waals surface area contributed by atoms with Crippen molar-refractivity contribution in [2.24, 2.45) is 10.9 Å². The molecular formula is C21H16F4N2O3. The van der Waals surface area contributed by atoms with Crippen molar-refractivity contribution in [3.05, 3.63) is 71.5 Å². The average Bonchev–Trinajstić information content (AvgIpc) is 2.72. The lowest BCUT2D eigenvalue weighted by molar-refractivity contribution is -0.137. The zero-order valence-corrected chi connectivity index (χ0v) is 15.5. The zero-order valence-electron chi connectivity index (χ0n) is 15.5. The fraction of sp³-hybridized carbons (Fsp3) is 0.0952. The average molecular weight is 420 g/mol. The van der Waals surface area contributed by atoms with Gasteiger partial charge in [-0.25, -0.2) is 4.39 Å². The SMILES string of the molecule is COc1c(F)cccc1-c1c(C(N)=NO)cc(C(F)(F)F)cc1-c1ccc(O)cc1. The Morgan fingerprint density at radius 1 is 1.03 bits per heavy atom. The number of methoxy groups -OCH3 is 1. The molecule has 4 N–H and O–H groups in total. The van der Waals surface area contributed by atoms with E-state index in [2.05, 4.69) is 5.16 Å². The van der Waals surface area contributed by atoms with Crippen molar-refractivity contribution >= 4 is 5.84 Å². The lowest BCUT2D eigenvalue weighted by Crippen LogP contribution is -2.17. The summed E-state index contributed by atoms with van der Waals surface area (Å²) in [5, 5.41) is 21.6. The number of aromatic hydroxyl groups is 1. The van der Waals surface area contributed by atoms with Crippen LogP contribution < -0.4 is 10.5 Å². The van der Waals surface area contributed by atoms with Gasteiger partial charge in [0, 0.05) is 16.7 Å². The van der Waals surface area contributed by atoms with Gasteiger partial charge in [-0.15, -0.1) is 0 Å². The number of rotatable bonds is 4. The second-order valence-electron chi connectivity index (χ2n) is 6.30. The number of phenolic OH excluding ortho intramolecular Hbond substituents is 1. The molecule has 0 fully saturated rings. The maximum atomic E-state index is 14.4. The van der Waals surface area contributed by atoms with E-state index >= 15 is 0 Å². The summed E-state index contributed by atoms with van der Waals surface area (Å²) >= 11 is 0. The fourth-order valence-electron chi connectivity index (χ4n) is 3.13. The second-order valence-corrected chi connectivity index (χ2v) is 6.30. The molecule has 0 unspecified atom stereocenters. The number of nitrogens with zero attached hydrogens (tertiary/aromatic N) is 1. The molecule has 0 heterocycles. The van der Waals surface area contributed by atoms with E-state index in [9.17, 15) is 27.9 Å². The largest absolute Gasteiger partial charge is 0.508 e. The number of nitrogens with two attached hydrogens (primary N) is 1. The maximum absolute atomic E-state index is 14.4. The van der Waals surface area contributed by atoms with Crippen molar-refractivity contribution in [1.82, 2.24) is 0 Å². The molecule has 0 bridgehead atoms. The number of oxime groups is 1. The van der Waals surface area contributed by atoms with Crippen LogP contribution in [0.15, 0.2) is 59.8 Å². The summed E-state index contributed by atoms with van der Waals surface area (Å²) in [6.45, 7) is 0. The van der Waals surface area contributed by atoms with Crippen molar-refractivity contribution in [3.63, 3.8) is 0 Å². The number of para-hydroxylation sites is 1. The number of benzene rings is 3. The summed E-state index contributed by atoms with van der Waals surface area (Å²) in [7, 11) is 1.22. The predicted octanol–water partition coefficient (Wildman–Crippen LogP) is 4.99. The number of halogens is 4. The van der Waals surface area contributed by atoms with E-state index in [1.165, 1.54) is 43.5 Å². The lowest BCUT2D eigenvalue weighted by Gasteiger charge is -2.20. The Labute approximate surface area is 168 Å². The minimum atomic E-state index is -4.74. The summed E-state index contributed by atoms with van der Waals surface area (Å²) in [5.41, 5.74) is 4.87. The fourth-order valence-corrected chi connectivity index (χ4v) is 3.13. The molecule has 0 amide bonds. The van der Waals surface area contributed by atoms with Crippen LogP contribution in [0, 0.1) is 5.82 Å². The molecule has 0 radical (unpaired) electrons. The van der Waals surface area contributed by atoms with Crippen molar-refractivity contribution in [2.45, 2.75) is 6.18 Å². The molecular weight excluding hydrogens is 404 g/mol. The van der Waals surface area contributed by atoms with Gasteiger partial charge in [0.15, 0.2) is 17.4 Å². The molecule has 0 aliphatic carbocycles. The molecule has 9 heteroatoms. The minimum absolute atomic E-state index is 0.0234. The predicted molar refractivity (Wildman–Crippen MR) is 103 cm³/mol. The van der Waals surface area contributed by atoms with Crippen LogP contribution in [-0.4, -0.2) is 23.3 Å². The third-order valence-electron chi connectivity index (χ3n) is 4.47. The first-order chi connectivity index (χ1) is 14.2. The number of amidine groups is 1. The van der Waals surface area contributed by atoms with Crippen molar-refractivity contribution in [1.29, 1.82) is 0 Å². The van der Waals surface area contributed by atoms with Crippen LogP contribution in [0.2, 0.25) is 0 Å². The molecule has 0 aromatic heterocycles. The highest BCUT2D eigenvalue weighted by molar-refractivity contribution is 6.07. The summed E-state index contributed by atoms with van der Waals surface area (Å²) in [4.78, 5) is 0. The molecule has 5 nitrogen and oxygen atoms in total. The smallest absolute Gasteiger partial charge is 0.416 e. The molecule has 0 saturated carbocycles. The number of phenols is 1. The topological polar surface area (TPSA) is 88.1 Å². The highest BCUT2D eigenvalue weighted by Gasteiger charge is 2.33. The first-order valence-electron chi connectivity index (χ1n) is 8.52. The summed E-state index contributed by atoms with van der Waals surface area (Å²) in [6.07, 6.45) is -4.74. The molecule has 0 atom stereocenters. The molecule has 0 saturated heterocycles. The number of alkyl halides is 3. The van der Waals surface area contributed by atoms with Crippen LogP contribution >= 0.6 is 0 Å². The van der Waals surface area contributed by atoms with Crippen molar-refractivity contribution in [3.8, 4) is 33.8 Å². The van der Waals surface area contributed by atoms with Gasteiger partial charge in [0.05, 0.1) is 12.7 Å². The third-order valence-corrected chi connectivity index (χ3v) is 4.47. The molecule has 0 aliphatic heterocycles. The minimum Gasteiger partial charge on any atom is -0.508 e. The molecule has 3 aromatic carbocycles. The van der Waals surface area contributed by atoms with Crippen LogP contribution in [0.3, 0.4) is 0 Å². The summed E-state index contributed by atoms with van der Waals surface area (Å²) < 4.78 is 60.2. The highest BCUT2D eigenvalue weighted by atomic mass is 19.4. The van der Waals surface area contributed by atoms with Gasteiger partial charge in [-0.2, -0.15) is 13.2 Å². The molecule has 0 aliphatic rings. The second kappa shape index (κ2) is 7.94. The summed E-state index contributed by atoms with van der Waals surface area (Å²) in [5.74, 6) is -1.64. The van der Waals surface area contributed by atoms with Gasteiger partial charge in [-0.3, -0.25) is 0 Å². The normalized spacial score (nSPS) is 12.1. The summed E-state index contributed by atoms with van der Waals surface area (Å²) in [6, 6.07) is 10.9. The van der Waals surface area contributed by atoms with E-state index < -0.39 is 23.4 Å². The number of hydrogen-bond donors (Lipinski definition) is 3. The highest BCUT2D eigenvalue weighted by Crippen LogP contribution is 2.44. The van der Waals surface area contributed by atoms with E-state index in [1.807, 2.05) is 0 Å². The monoisotopic (exact) mass is 420 g/mol. The van der Waals surface area contributed by atoms with E-state index in [1.54, 1.807) is 0 Å². The van der Waals surface area contributed by atoms with E-state index in [0.717, 1.165) is 18.2 Å². The van der Waals surface area contributed by atoms with Gasteiger partial charge < -0.3 is 20.8 Å². The van der Waals surface area contributed by atoms with E-state index in [0.29, 0.717) is 0 Å². The Morgan fingerprint density at radius 3 is 2.27 bits per heavy atom. The maximum Gasteiger partial charge on any atom is 0.416 e. The van der Waals surface area contributed by atoms with Gasteiger partial charge in [0.2, 0.25) is 0 Å². The van der Waals surface area contributed by atoms with Crippen molar-refractivity contribution in [2.75, 3.05) is 7.11 Å². The van der Waals surface area contributed by atoms with Gasteiger partial charge in [-0.1, -0.05) is 29.4 Å². The van der Waals surface area contributed by atoms with Crippen LogP contribution in [0.25, 0.3) is 22.3 Å². The Hall–Kier alpha value is -3.75. The van der Waals surface area contributed by atoms with Gasteiger partial charge in [-0.05, 0) is 41.5 Å². The number of hydrogen-bond acceptors (Lipinski definition) is 4. The van der Waals surface area contributed by atoms with Gasteiger partial charge in [0.25, 0.3) is 0 Å². The molecule has 156 valence electrons. The third kappa shape index (κ3) is 3.86. The molecule has 3 aromatic rings. The Balaban J connectivity index is 2.50. The molecule has 3 rings (SSSR count). The van der Waals surface area contributed by atoms with Crippen LogP contribution in [-0.2, 0) is 6.18 Å². The van der Waals surface area contributed by atoms with Crippen molar-refractivity contribution < 1.29 is 32.6 Å². The van der Waals surface area contributed by atoms with Crippen LogP contribution in [0.5, 0.6) is 11.5 Å².